The van der Waals surface area contributed by atoms with E-state index in [0.29, 0.717) is 23.0 Å². The van der Waals surface area contributed by atoms with E-state index in [4.69, 9.17) is 11.0 Å². The lowest BCUT2D eigenvalue weighted by atomic mass is 10.2. The molecule has 86 valence electrons. The van der Waals surface area contributed by atoms with Gasteiger partial charge >= 0.3 is 0 Å². The molecule has 1 heterocycles. The molecule has 1 atom stereocenters. The molecule has 1 aromatic rings. The molecule has 1 unspecified atom stereocenters. The summed E-state index contributed by atoms with van der Waals surface area (Å²) >= 11 is 1.81. The summed E-state index contributed by atoms with van der Waals surface area (Å²) < 4.78 is 0. The minimum absolute atomic E-state index is 0.432. The maximum atomic E-state index is 8.82. The van der Waals surface area contributed by atoms with Gasteiger partial charge in [0.2, 0.25) is 0 Å². The van der Waals surface area contributed by atoms with Gasteiger partial charge in [-0.3, -0.25) is 0 Å². The van der Waals surface area contributed by atoms with Crippen LogP contribution in [0.5, 0.6) is 0 Å². The summed E-state index contributed by atoms with van der Waals surface area (Å²) in [4.78, 5) is 4.12. The summed E-state index contributed by atoms with van der Waals surface area (Å²) in [6.07, 6.45) is 3.68. The zero-order valence-corrected chi connectivity index (χ0v) is 10.3. The van der Waals surface area contributed by atoms with Gasteiger partial charge in [-0.15, -0.1) is 0 Å². The van der Waals surface area contributed by atoms with E-state index in [-0.39, 0.29) is 0 Å². The fourth-order valence-corrected chi connectivity index (χ4v) is 2.01. The van der Waals surface area contributed by atoms with Gasteiger partial charge in [-0.1, -0.05) is 6.92 Å². The number of thioether (sulfide) groups is 1. The predicted octanol–water partition coefficient (Wildman–Crippen LogP) is 1.95. The SMILES string of the molecule is CSCC(C)CNc1nccc(C#N)c1N. The van der Waals surface area contributed by atoms with Gasteiger partial charge in [-0.25, -0.2) is 4.98 Å². The Labute approximate surface area is 100 Å². The first-order valence-corrected chi connectivity index (χ1v) is 6.45. The lowest BCUT2D eigenvalue weighted by molar-refractivity contribution is 0.700. The van der Waals surface area contributed by atoms with Crippen LogP contribution in [0.3, 0.4) is 0 Å². The molecule has 1 aromatic heterocycles. The number of pyridine rings is 1. The molecule has 0 fully saturated rings. The van der Waals surface area contributed by atoms with E-state index >= 15 is 0 Å². The fourth-order valence-electron chi connectivity index (χ4n) is 1.33. The first kappa shape index (κ1) is 12.7. The van der Waals surface area contributed by atoms with Crippen molar-refractivity contribution >= 4 is 23.3 Å². The summed E-state index contributed by atoms with van der Waals surface area (Å²) in [6, 6.07) is 3.66. The largest absolute Gasteiger partial charge is 0.395 e. The van der Waals surface area contributed by atoms with Gasteiger partial charge in [-0.2, -0.15) is 17.0 Å². The molecule has 3 N–H and O–H groups in total. The molecule has 0 radical (unpaired) electrons. The van der Waals surface area contributed by atoms with Gasteiger partial charge in [0, 0.05) is 12.7 Å². The highest BCUT2D eigenvalue weighted by atomic mass is 32.2. The van der Waals surface area contributed by atoms with Crippen LogP contribution in [-0.4, -0.2) is 23.5 Å². The Kier molecular flexibility index (Phi) is 4.93. The minimum atomic E-state index is 0.432. The van der Waals surface area contributed by atoms with Crippen LogP contribution in [0.15, 0.2) is 12.3 Å². The molecule has 1 rings (SSSR count). The molecule has 16 heavy (non-hydrogen) atoms. The standard InChI is InChI=1S/C11H16N4S/c1-8(7-16-2)6-15-11-10(13)9(5-12)3-4-14-11/h3-4,8H,6-7,13H2,1-2H3,(H,14,15). The van der Waals surface area contributed by atoms with Crippen molar-refractivity contribution in [1.29, 1.82) is 5.26 Å². The van der Waals surface area contributed by atoms with Crippen LogP contribution >= 0.6 is 11.8 Å². The average Bonchev–Trinajstić information content (AvgIpc) is 2.28. The second kappa shape index (κ2) is 6.23. The third-order valence-electron chi connectivity index (χ3n) is 2.18. The van der Waals surface area contributed by atoms with Gasteiger partial charge in [0.05, 0.1) is 11.3 Å². The monoisotopic (exact) mass is 236 g/mol. The Hall–Kier alpha value is -1.41. The number of nitrogens with zero attached hydrogens (tertiary/aromatic N) is 2. The number of rotatable bonds is 5. The minimum Gasteiger partial charge on any atom is -0.395 e. The van der Waals surface area contributed by atoms with E-state index < -0.39 is 0 Å². The number of hydrogen-bond acceptors (Lipinski definition) is 5. The number of hydrogen-bond donors (Lipinski definition) is 2. The van der Waals surface area contributed by atoms with Crippen molar-refractivity contribution in [1.82, 2.24) is 4.98 Å². The number of nitrogens with one attached hydrogen (secondary N) is 1. The second-order valence-corrected chi connectivity index (χ2v) is 4.58. The lowest BCUT2D eigenvalue weighted by Gasteiger charge is -2.13. The summed E-state index contributed by atoms with van der Waals surface area (Å²) in [6.45, 7) is 2.97. The quantitative estimate of drug-likeness (QED) is 0.817. The van der Waals surface area contributed by atoms with Crippen LogP contribution in [0.1, 0.15) is 12.5 Å². The molecule has 0 bridgehead atoms. The van der Waals surface area contributed by atoms with E-state index in [1.165, 1.54) is 0 Å². The fraction of sp³-hybridized carbons (Fsp3) is 0.455. The first-order valence-electron chi connectivity index (χ1n) is 5.06. The van der Waals surface area contributed by atoms with E-state index in [1.807, 2.05) is 17.8 Å². The van der Waals surface area contributed by atoms with Crippen molar-refractivity contribution in [3.8, 4) is 6.07 Å². The molecule has 0 amide bonds. The van der Waals surface area contributed by atoms with E-state index in [2.05, 4.69) is 23.5 Å². The van der Waals surface area contributed by atoms with E-state index in [1.54, 1.807) is 12.3 Å². The molecule has 4 nitrogen and oxygen atoms in total. The van der Waals surface area contributed by atoms with E-state index in [9.17, 15) is 0 Å². The maximum absolute atomic E-state index is 8.82. The zero-order valence-electron chi connectivity index (χ0n) is 9.53. The highest BCUT2D eigenvalue weighted by Crippen LogP contribution is 2.19. The highest BCUT2D eigenvalue weighted by molar-refractivity contribution is 7.98. The van der Waals surface area contributed by atoms with Gasteiger partial charge in [-0.05, 0) is 24.0 Å². The Morgan fingerprint density at radius 3 is 3.06 bits per heavy atom. The zero-order chi connectivity index (χ0) is 12.0. The lowest BCUT2D eigenvalue weighted by Crippen LogP contribution is -2.15. The Bertz CT molecular complexity index is 386. The smallest absolute Gasteiger partial charge is 0.150 e. The van der Waals surface area contributed by atoms with Crippen molar-refractivity contribution in [2.24, 2.45) is 5.92 Å². The number of nitrogen functional groups attached to an aromatic ring is 1. The van der Waals surface area contributed by atoms with Gasteiger partial charge < -0.3 is 11.1 Å². The number of anilines is 2. The summed E-state index contributed by atoms with van der Waals surface area (Å²) in [7, 11) is 0. The molecule has 0 aliphatic rings. The molecule has 0 aliphatic heterocycles. The van der Waals surface area contributed by atoms with Crippen molar-refractivity contribution in [2.75, 3.05) is 29.6 Å². The van der Waals surface area contributed by atoms with Crippen molar-refractivity contribution in [2.45, 2.75) is 6.92 Å². The Morgan fingerprint density at radius 1 is 1.69 bits per heavy atom. The van der Waals surface area contributed by atoms with Crippen LogP contribution in [0.25, 0.3) is 0 Å². The van der Waals surface area contributed by atoms with Crippen molar-refractivity contribution in [3.05, 3.63) is 17.8 Å². The van der Waals surface area contributed by atoms with Crippen LogP contribution in [0.4, 0.5) is 11.5 Å². The third kappa shape index (κ3) is 3.31. The van der Waals surface area contributed by atoms with Crippen LogP contribution in [-0.2, 0) is 0 Å². The van der Waals surface area contributed by atoms with Crippen molar-refractivity contribution in [3.63, 3.8) is 0 Å². The Morgan fingerprint density at radius 2 is 2.44 bits per heavy atom. The molecule has 5 heteroatoms. The number of nitrogens with two attached hydrogens (primary N) is 1. The topological polar surface area (TPSA) is 74.7 Å². The van der Waals surface area contributed by atoms with Crippen LogP contribution in [0.2, 0.25) is 0 Å². The van der Waals surface area contributed by atoms with Crippen LogP contribution in [0, 0.1) is 17.2 Å². The number of aromatic nitrogens is 1. The average molecular weight is 236 g/mol. The predicted molar refractivity (Wildman–Crippen MR) is 69.4 cm³/mol. The summed E-state index contributed by atoms with van der Waals surface area (Å²) in [5, 5.41) is 12.0. The molecule has 0 saturated heterocycles. The summed E-state index contributed by atoms with van der Waals surface area (Å²) in [5.41, 5.74) is 6.70. The molecule has 0 aliphatic carbocycles. The highest BCUT2D eigenvalue weighted by Gasteiger charge is 2.07. The summed E-state index contributed by atoms with van der Waals surface area (Å²) in [5.74, 6) is 2.24. The molecule has 0 saturated carbocycles. The van der Waals surface area contributed by atoms with Crippen LogP contribution < -0.4 is 11.1 Å². The first-order chi connectivity index (χ1) is 7.69. The normalized spacial score (nSPS) is 11.8. The molecular formula is C11H16N4S. The van der Waals surface area contributed by atoms with Crippen molar-refractivity contribution < 1.29 is 0 Å². The molecule has 0 spiro atoms. The Balaban J connectivity index is 2.64. The molecule has 0 aromatic carbocycles. The molecular weight excluding hydrogens is 220 g/mol. The third-order valence-corrected chi connectivity index (χ3v) is 3.08. The van der Waals surface area contributed by atoms with Gasteiger partial charge in [0.1, 0.15) is 6.07 Å². The van der Waals surface area contributed by atoms with E-state index in [0.717, 1.165) is 12.3 Å². The maximum Gasteiger partial charge on any atom is 0.150 e. The van der Waals surface area contributed by atoms with Gasteiger partial charge in [0.25, 0.3) is 0 Å². The second-order valence-electron chi connectivity index (χ2n) is 3.67. The van der Waals surface area contributed by atoms with Gasteiger partial charge in [0.15, 0.2) is 5.82 Å². The number of nitriles is 1.